The van der Waals surface area contributed by atoms with Crippen LogP contribution in [0.25, 0.3) is 10.8 Å². The number of thiophene rings is 1. The number of aromatic nitrogens is 2. The molecule has 0 fully saturated rings. The van der Waals surface area contributed by atoms with E-state index in [1.54, 1.807) is 23.2 Å². The number of thioether (sulfide) groups is 1. The van der Waals surface area contributed by atoms with E-state index in [0.29, 0.717) is 22.3 Å². The highest BCUT2D eigenvalue weighted by atomic mass is 32.2. The van der Waals surface area contributed by atoms with Crippen molar-refractivity contribution in [1.29, 1.82) is 0 Å². The first-order valence-electron chi connectivity index (χ1n) is 6.02. The summed E-state index contributed by atoms with van der Waals surface area (Å²) in [4.78, 5) is 6.13. The van der Waals surface area contributed by atoms with E-state index in [0.717, 1.165) is 0 Å². The third kappa shape index (κ3) is 2.71. The molecule has 4 nitrogen and oxygen atoms in total. The molecule has 102 valence electrons. The van der Waals surface area contributed by atoms with E-state index in [-0.39, 0.29) is 5.75 Å². The van der Waals surface area contributed by atoms with Gasteiger partial charge < -0.3 is 9.63 Å². The predicted octanol–water partition coefficient (Wildman–Crippen LogP) is 4.10. The summed E-state index contributed by atoms with van der Waals surface area (Å²) < 4.78 is 5.18. The molecular weight excluding hydrogens is 292 g/mol. The summed E-state index contributed by atoms with van der Waals surface area (Å²) >= 11 is 3.05. The van der Waals surface area contributed by atoms with Crippen LogP contribution < -0.4 is 0 Å². The van der Waals surface area contributed by atoms with E-state index in [4.69, 9.17) is 4.52 Å². The molecule has 0 unspecified atom stereocenters. The van der Waals surface area contributed by atoms with Gasteiger partial charge in [0.25, 0.3) is 5.89 Å². The van der Waals surface area contributed by atoms with E-state index in [2.05, 4.69) is 29.2 Å². The number of hydrogen-bond acceptors (Lipinski definition) is 6. The molecule has 0 spiro atoms. The van der Waals surface area contributed by atoms with Gasteiger partial charge in [0.1, 0.15) is 10.6 Å². The summed E-state index contributed by atoms with van der Waals surface area (Å²) in [7, 11) is 0. The van der Waals surface area contributed by atoms with Gasteiger partial charge in [-0.2, -0.15) is 4.98 Å². The zero-order valence-electron chi connectivity index (χ0n) is 10.7. The van der Waals surface area contributed by atoms with Gasteiger partial charge in [0.05, 0.1) is 5.75 Å². The Morgan fingerprint density at radius 1 is 1.30 bits per heavy atom. The van der Waals surface area contributed by atoms with Crippen molar-refractivity contribution in [3.05, 3.63) is 47.1 Å². The molecule has 6 heteroatoms. The number of rotatable bonds is 4. The Hall–Kier alpha value is -1.79. The average molecular weight is 304 g/mol. The summed E-state index contributed by atoms with van der Waals surface area (Å²) in [6.07, 6.45) is 0. The van der Waals surface area contributed by atoms with Gasteiger partial charge in [-0.15, -0.1) is 23.1 Å². The molecule has 20 heavy (non-hydrogen) atoms. The maximum absolute atomic E-state index is 9.63. The minimum absolute atomic E-state index is 0.178. The van der Waals surface area contributed by atoms with Gasteiger partial charge in [0.2, 0.25) is 0 Å². The molecule has 0 atom stereocenters. The third-order valence-corrected chi connectivity index (χ3v) is 4.82. The van der Waals surface area contributed by atoms with Crippen LogP contribution >= 0.6 is 23.1 Å². The van der Waals surface area contributed by atoms with Gasteiger partial charge in [-0.3, -0.25) is 0 Å². The van der Waals surface area contributed by atoms with Gasteiger partial charge in [-0.25, -0.2) is 0 Å². The minimum atomic E-state index is 0.178. The normalized spacial score (nSPS) is 10.8. The Bertz CT molecular complexity index is 721. The van der Waals surface area contributed by atoms with Crippen molar-refractivity contribution in [2.45, 2.75) is 17.6 Å². The van der Waals surface area contributed by atoms with Crippen LogP contribution in [0.4, 0.5) is 0 Å². The number of aryl methyl sites for hydroxylation is 1. The van der Waals surface area contributed by atoms with E-state index < -0.39 is 0 Å². The van der Waals surface area contributed by atoms with E-state index in [1.165, 1.54) is 21.8 Å². The maximum Gasteiger partial charge on any atom is 0.271 e. The van der Waals surface area contributed by atoms with Crippen molar-refractivity contribution in [3.8, 4) is 16.5 Å². The molecule has 0 saturated carbocycles. The first kappa shape index (κ1) is 13.2. The molecular formula is C14H12N2O2S2. The Kier molecular flexibility index (Phi) is 3.75. The highest BCUT2D eigenvalue weighted by Gasteiger charge is 2.14. The summed E-state index contributed by atoms with van der Waals surface area (Å²) in [5.41, 5.74) is 1.23. The fraction of sp³-hybridized carbons (Fsp3) is 0.143. The second-order valence-corrected chi connectivity index (χ2v) is 6.14. The summed E-state index contributed by atoms with van der Waals surface area (Å²) in [6.45, 7) is 2.08. The Labute approximate surface area is 124 Å². The van der Waals surface area contributed by atoms with Crippen LogP contribution in [0.2, 0.25) is 0 Å². The lowest BCUT2D eigenvalue weighted by Crippen LogP contribution is -1.85. The number of aromatic hydroxyl groups is 1. The van der Waals surface area contributed by atoms with Crippen molar-refractivity contribution in [2.75, 3.05) is 0 Å². The summed E-state index contributed by atoms with van der Waals surface area (Å²) in [5.74, 6) is 1.82. The van der Waals surface area contributed by atoms with E-state index in [9.17, 15) is 5.11 Å². The van der Waals surface area contributed by atoms with Crippen molar-refractivity contribution < 1.29 is 9.63 Å². The topological polar surface area (TPSA) is 59.2 Å². The fourth-order valence-corrected chi connectivity index (χ4v) is 3.31. The van der Waals surface area contributed by atoms with Gasteiger partial charge in [-0.1, -0.05) is 23.4 Å². The Morgan fingerprint density at radius 3 is 2.90 bits per heavy atom. The molecule has 0 bridgehead atoms. The molecule has 3 aromatic rings. The Balaban J connectivity index is 1.72. The highest BCUT2D eigenvalue weighted by molar-refractivity contribution is 7.98. The molecule has 0 saturated heterocycles. The fourth-order valence-electron chi connectivity index (χ4n) is 1.73. The van der Waals surface area contributed by atoms with Crippen LogP contribution in [0.5, 0.6) is 5.75 Å². The molecule has 0 amide bonds. The van der Waals surface area contributed by atoms with Crippen LogP contribution in [-0.2, 0) is 5.75 Å². The molecule has 3 rings (SSSR count). The number of nitrogens with zero attached hydrogens (tertiary/aromatic N) is 2. The lowest BCUT2D eigenvalue weighted by molar-refractivity contribution is 0.421. The molecule has 0 aliphatic rings. The lowest BCUT2D eigenvalue weighted by Gasteiger charge is -2.01. The van der Waals surface area contributed by atoms with Gasteiger partial charge >= 0.3 is 0 Å². The largest absolute Gasteiger partial charge is 0.506 e. The molecule has 0 aliphatic heterocycles. The zero-order chi connectivity index (χ0) is 13.9. The quantitative estimate of drug-likeness (QED) is 0.735. The SMILES string of the molecule is Cc1ccccc1SCc1noc(-c2sccc2O)n1. The van der Waals surface area contributed by atoms with Crippen molar-refractivity contribution >= 4 is 23.1 Å². The number of hydrogen-bond donors (Lipinski definition) is 1. The Morgan fingerprint density at radius 2 is 2.15 bits per heavy atom. The van der Waals surface area contributed by atoms with Crippen LogP contribution in [0.1, 0.15) is 11.4 Å². The van der Waals surface area contributed by atoms with Crippen molar-refractivity contribution in [2.24, 2.45) is 0 Å². The second-order valence-electron chi connectivity index (χ2n) is 4.20. The maximum atomic E-state index is 9.63. The zero-order valence-corrected chi connectivity index (χ0v) is 12.4. The third-order valence-electron chi connectivity index (χ3n) is 2.76. The van der Waals surface area contributed by atoms with E-state index in [1.807, 2.05) is 12.1 Å². The first-order valence-corrected chi connectivity index (χ1v) is 7.88. The predicted molar refractivity (Wildman–Crippen MR) is 80.0 cm³/mol. The standard InChI is InChI=1S/C14H12N2O2S2/c1-9-4-2-3-5-11(9)20-8-12-15-14(18-16-12)13-10(17)6-7-19-13/h2-7,17H,8H2,1H3. The number of benzene rings is 1. The molecule has 2 aromatic heterocycles. The van der Waals surface area contributed by atoms with Crippen LogP contribution in [-0.4, -0.2) is 15.2 Å². The van der Waals surface area contributed by atoms with E-state index >= 15 is 0 Å². The van der Waals surface area contributed by atoms with Gasteiger partial charge in [-0.05, 0) is 30.0 Å². The molecule has 0 radical (unpaired) electrons. The van der Waals surface area contributed by atoms with Gasteiger partial charge in [0.15, 0.2) is 5.82 Å². The monoisotopic (exact) mass is 304 g/mol. The van der Waals surface area contributed by atoms with Crippen molar-refractivity contribution in [1.82, 2.24) is 10.1 Å². The molecule has 2 heterocycles. The van der Waals surface area contributed by atoms with Crippen molar-refractivity contribution in [3.63, 3.8) is 0 Å². The second kappa shape index (κ2) is 5.68. The van der Waals surface area contributed by atoms with Crippen LogP contribution in [0.15, 0.2) is 45.1 Å². The summed E-state index contributed by atoms with van der Waals surface area (Å²) in [5, 5.41) is 15.4. The minimum Gasteiger partial charge on any atom is -0.506 e. The first-order chi connectivity index (χ1) is 9.74. The summed E-state index contributed by atoms with van der Waals surface area (Å²) in [6, 6.07) is 9.80. The highest BCUT2D eigenvalue weighted by Crippen LogP contribution is 2.33. The lowest BCUT2D eigenvalue weighted by atomic mass is 10.2. The smallest absolute Gasteiger partial charge is 0.271 e. The van der Waals surface area contributed by atoms with Gasteiger partial charge in [0, 0.05) is 4.90 Å². The molecule has 1 aromatic carbocycles. The van der Waals surface area contributed by atoms with Crippen LogP contribution in [0.3, 0.4) is 0 Å². The molecule has 0 aliphatic carbocycles. The molecule has 1 N–H and O–H groups in total. The average Bonchev–Trinajstić information content (AvgIpc) is 3.06. The van der Waals surface area contributed by atoms with Crippen LogP contribution in [0, 0.1) is 6.92 Å².